The fourth-order valence-corrected chi connectivity index (χ4v) is 2.53. The van der Waals surface area contributed by atoms with Crippen molar-refractivity contribution >= 4 is 0 Å². The molecule has 1 heterocycles. The van der Waals surface area contributed by atoms with E-state index in [-0.39, 0.29) is 6.61 Å². The van der Waals surface area contributed by atoms with Crippen molar-refractivity contribution in [2.24, 2.45) is 0 Å². The van der Waals surface area contributed by atoms with Crippen molar-refractivity contribution < 1.29 is 14.6 Å². The number of ether oxygens (including phenoxy) is 2. The number of aliphatic hydroxyl groups is 1. The van der Waals surface area contributed by atoms with E-state index in [4.69, 9.17) is 14.6 Å². The Morgan fingerprint density at radius 2 is 1.50 bits per heavy atom. The van der Waals surface area contributed by atoms with Gasteiger partial charge in [-0.15, -0.1) is 0 Å². The van der Waals surface area contributed by atoms with Crippen LogP contribution in [0, 0.1) is 0 Å². The van der Waals surface area contributed by atoms with Gasteiger partial charge in [0.1, 0.15) is 11.5 Å². The summed E-state index contributed by atoms with van der Waals surface area (Å²) in [7, 11) is 3.35. The Bertz CT molecular complexity index is 395. The molecule has 5 nitrogen and oxygen atoms in total. The molecule has 0 unspecified atom stereocenters. The molecule has 0 spiro atoms. The van der Waals surface area contributed by atoms with Gasteiger partial charge in [0, 0.05) is 45.3 Å². The highest BCUT2D eigenvalue weighted by Crippen LogP contribution is 2.23. The van der Waals surface area contributed by atoms with Gasteiger partial charge in [-0.3, -0.25) is 9.80 Å². The second-order valence-corrected chi connectivity index (χ2v) is 5.06. The molecule has 112 valence electrons. The molecule has 5 heteroatoms. The average Bonchev–Trinajstić information content (AvgIpc) is 2.49. The summed E-state index contributed by atoms with van der Waals surface area (Å²) in [5, 5.41) is 8.95. The molecular formula is C15H24N2O3. The molecule has 0 aliphatic carbocycles. The predicted octanol–water partition coefficient (Wildman–Crippen LogP) is 0.814. The van der Waals surface area contributed by atoms with Crippen LogP contribution in [0.1, 0.15) is 5.56 Å². The highest BCUT2D eigenvalue weighted by atomic mass is 16.5. The van der Waals surface area contributed by atoms with Gasteiger partial charge in [0.2, 0.25) is 0 Å². The molecule has 0 aromatic heterocycles. The second kappa shape index (κ2) is 7.47. The van der Waals surface area contributed by atoms with E-state index in [9.17, 15) is 0 Å². The van der Waals surface area contributed by atoms with Crippen molar-refractivity contribution in [2.45, 2.75) is 6.54 Å². The number of nitrogens with zero attached hydrogens (tertiary/aromatic N) is 2. The lowest BCUT2D eigenvalue weighted by atomic mass is 10.1. The van der Waals surface area contributed by atoms with Crippen LogP contribution in [-0.4, -0.2) is 68.5 Å². The molecule has 0 amide bonds. The number of hydrogen-bond donors (Lipinski definition) is 1. The molecule has 0 radical (unpaired) electrons. The maximum atomic E-state index is 8.95. The Balaban J connectivity index is 1.93. The Hall–Kier alpha value is -1.30. The third kappa shape index (κ3) is 4.10. The summed E-state index contributed by atoms with van der Waals surface area (Å²) in [6.45, 7) is 6.01. The Kier molecular flexibility index (Phi) is 5.64. The lowest BCUT2D eigenvalue weighted by Gasteiger charge is -2.34. The monoisotopic (exact) mass is 280 g/mol. The third-order valence-corrected chi connectivity index (χ3v) is 3.70. The molecular weight excluding hydrogens is 256 g/mol. The number of piperazine rings is 1. The number of hydrogen-bond acceptors (Lipinski definition) is 5. The molecule has 1 aromatic carbocycles. The molecule has 0 bridgehead atoms. The maximum absolute atomic E-state index is 8.95. The molecule has 1 N–H and O–H groups in total. The molecule has 1 aromatic rings. The zero-order valence-corrected chi connectivity index (χ0v) is 12.3. The van der Waals surface area contributed by atoms with E-state index >= 15 is 0 Å². The summed E-state index contributed by atoms with van der Waals surface area (Å²) in [6, 6.07) is 6.01. The zero-order chi connectivity index (χ0) is 14.4. The summed E-state index contributed by atoms with van der Waals surface area (Å²) < 4.78 is 10.6. The minimum absolute atomic E-state index is 0.243. The van der Waals surface area contributed by atoms with Crippen LogP contribution in [0.4, 0.5) is 0 Å². The van der Waals surface area contributed by atoms with Crippen molar-refractivity contribution in [2.75, 3.05) is 53.6 Å². The minimum atomic E-state index is 0.243. The van der Waals surface area contributed by atoms with Gasteiger partial charge in [0.25, 0.3) is 0 Å². The normalized spacial score (nSPS) is 17.1. The number of rotatable bonds is 6. The summed E-state index contributed by atoms with van der Waals surface area (Å²) in [5.41, 5.74) is 1.21. The van der Waals surface area contributed by atoms with Crippen molar-refractivity contribution in [1.82, 2.24) is 9.80 Å². The van der Waals surface area contributed by atoms with Crippen LogP contribution in [0.5, 0.6) is 11.5 Å². The predicted molar refractivity (Wildman–Crippen MR) is 78.3 cm³/mol. The van der Waals surface area contributed by atoms with Crippen LogP contribution in [0.15, 0.2) is 18.2 Å². The number of methoxy groups -OCH3 is 2. The molecule has 20 heavy (non-hydrogen) atoms. The first-order valence-corrected chi connectivity index (χ1v) is 7.02. The van der Waals surface area contributed by atoms with Gasteiger partial charge >= 0.3 is 0 Å². The second-order valence-electron chi connectivity index (χ2n) is 5.06. The van der Waals surface area contributed by atoms with Crippen molar-refractivity contribution in [3.63, 3.8) is 0 Å². The van der Waals surface area contributed by atoms with E-state index in [1.165, 1.54) is 5.56 Å². The Morgan fingerprint density at radius 3 is 2.00 bits per heavy atom. The summed E-state index contributed by atoms with van der Waals surface area (Å²) in [5.74, 6) is 1.66. The van der Waals surface area contributed by atoms with Crippen molar-refractivity contribution in [3.05, 3.63) is 23.8 Å². The van der Waals surface area contributed by atoms with E-state index in [1.807, 2.05) is 6.07 Å². The maximum Gasteiger partial charge on any atom is 0.122 e. The van der Waals surface area contributed by atoms with Crippen LogP contribution in [0.2, 0.25) is 0 Å². The SMILES string of the molecule is COc1cc(CN2CCN(CCO)CC2)cc(OC)c1. The third-order valence-electron chi connectivity index (χ3n) is 3.70. The number of aliphatic hydroxyl groups excluding tert-OH is 1. The largest absolute Gasteiger partial charge is 0.497 e. The highest BCUT2D eigenvalue weighted by molar-refractivity contribution is 5.38. The molecule has 1 saturated heterocycles. The van der Waals surface area contributed by atoms with E-state index in [0.717, 1.165) is 50.8 Å². The van der Waals surface area contributed by atoms with E-state index in [0.29, 0.717) is 0 Å². The van der Waals surface area contributed by atoms with E-state index < -0.39 is 0 Å². The molecule has 2 rings (SSSR count). The highest BCUT2D eigenvalue weighted by Gasteiger charge is 2.16. The molecule has 1 fully saturated rings. The number of benzene rings is 1. The lowest BCUT2D eigenvalue weighted by Crippen LogP contribution is -2.46. The van der Waals surface area contributed by atoms with Gasteiger partial charge in [-0.2, -0.15) is 0 Å². The van der Waals surface area contributed by atoms with Gasteiger partial charge in [-0.25, -0.2) is 0 Å². The number of β-amino-alcohol motifs (C(OH)–C–C–N with tert-alkyl or cyclic N) is 1. The first-order chi connectivity index (χ1) is 9.75. The first-order valence-electron chi connectivity index (χ1n) is 7.02. The summed E-state index contributed by atoms with van der Waals surface area (Å²) >= 11 is 0. The van der Waals surface area contributed by atoms with Crippen LogP contribution < -0.4 is 9.47 Å². The molecule has 0 atom stereocenters. The van der Waals surface area contributed by atoms with Crippen molar-refractivity contribution in [3.8, 4) is 11.5 Å². The van der Waals surface area contributed by atoms with Crippen LogP contribution in [-0.2, 0) is 6.54 Å². The molecule has 1 aliphatic heterocycles. The zero-order valence-electron chi connectivity index (χ0n) is 12.3. The van der Waals surface area contributed by atoms with Gasteiger partial charge in [-0.1, -0.05) is 0 Å². The van der Waals surface area contributed by atoms with Gasteiger partial charge < -0.3 is 14.6 Å². The van der Waals surface area contributed by atoms with Gasteiger partial charge in [0.15, 0.2) is 0 Å². The smallest absolute Gasteiger partial charge is 0.122 e. The first kappa shape index (κ1) is 15.1. The molecule has 1 aliphatic rings. The van der Waals surface area contributed by atoms with Crippen LogP contribution in [0.25, 0.3) is 0 Å². The minimum Gasteiger partial charge on any atom is -0.497 e. The fourth-order valence-electron chi connectivity index (χ4n) is 2.53. The van der Waals surface area contributed by atoms with Crippen LogP contribution in [0.3, 0.4) is 0 Å². The summed E-state index contributed by atoms with van der Waals surface area (Å²) in [6.07, 6.45) is 0. The molecule has 0 saturated carbocycles. The Labute approximate surface area is 120 Å². The van der Waals surface area contributed by atoms with E-state index in [1.54, 1.807) is 14.2 Å². The summed E-state index contributed by atoms with van der Waals surface area (Å²) in [4.78, 5) is 4.71. The standard InChI is InChI=1S/C15H24N2O3/c1-19-14-9-13(10-15(11-14)20-2)12-17-5-3-16(4-6-17)7-8-18/h9-11,18H,3-8,12H2,1-2H3. The average molecular weight is 280 g/mol. The van der Waals surface area contributed by atoms with E-state index in [2.05, 4.69) is 21.9 Å². The fraction of sp³-hybridized carbons (Fsp3) is 0.600. The Morgan fingerprint density at radius 1 is 0.950 bits per heavy atom. The quantitative estimate of drug-likeness (QED) is 0.835. The van der Waals surface area contributed by atoms with Gasteiger partial charge in [-0.05, 0) is 17.7 Å². The lowest BCUT2D eigenvalue weighted by molar-refractivity contribution is 0.108. The topological polar surface area (TPSA) is 45.2 Å². The van der Waals surface area contributed by atoms with Gasteiger partial charge in [0.05, 0.1) is 20.8 Å². The van der Waals surface area contributed by atoms with Crippen molar-refractivity contribution in [1.29, 1.82) is 0 Å². The van der Waals surface area contributed by atoms with Crippen LogP contribution >= 0.6 is 0 Å².